The lowest BCUT2D eigenvalue weighted by Gasteiger charge is -2.08. The number of nitrogen functional groups attached to an aromatic ring is 2. The Bertz CT molecular complexity index is 1250. The van der Waals surface area contributed by atoms with E-state index in [0.717, 1.165) is 17.7 Å². The number of carbonyl (C=O) groups excluding carboxylic acids is 1. The van der Waals surface area contributed by atoms with E-state index < -0.39 is 17.7 Å². The molecule has 0 unspecified atom stereocenters. The van der Waals surface area contributed by atoms with Crippen LogP contribution in [0.25, 0.3) is 22.4 Å². The summed E-state index contributed by atoms with van der Waals surface area (Å²) in [5, 5.41) is 4.45. The van der Waals surface area contributed by atoms with Gasteiger partial charge in [-0.2, -0.15) is 5.10 Å². The van der Waals surface area contributed by atoms with E-state index in [1.807, 2.05) is 0 Å². The largest absolute Gasteiger partial charge is 0.410 e. The summed E-state index contributed by atoms with van der Waals surface area (Å²) in [6.45, 7) is 0.153. The van der Waals surface area contributed by atoms with Crippen LogP contribution in [0.3, 0.4) is 0 Å². The van der Waals surface area contributed by atoms with Crippen molar-refractivity contribution >= 4 is 28.6 Å². The maximum Gasteiger partial charge on any atom is 0.410 e. The van der Waals surface area contributed by atoms with E-state index in [1.54, 1.807) is 24.5 Å². The lowest BCUT2D eigenvalue weighted by Crippen LogP contribution is -2.19. The van der Waals surface area contributed by atoms with Crippen molar-refractivity contribution in [2.24, 2.45) is 5.73 Å². The first kappa shape index (κ1) is 19.0. The summed E-state index contributed by atoms with van der Waals surface area (Å²) in [5.74, 6) is -2.63. The fourth-order valence-corrected chi connectivity index (χ4v) is 2.97. The lowest BCUT2D eigenvalue weighted by atomic mass is 10.2. The van der Waals surface area contributed by atoms with Gasteiger partial charge in [-0.15, -0.1) is 0 Å². The van der Waals surface area contributed by atoms with Gasteiger partial charge in [0, 0.05) is 23.8 Å². The zero-order chi connectivity index (χ0) is 21.4. The maximum absolute atomic E-state index is 14.6. The fraction of sp³-hybridized carbons (Fsp3) is 0.0556. The molecule has 1 aromatic carbocycles. The van der Waals surface area contributed by atoms with Crippen LogP contribution in [0.5, 0.6) is 5.75 Å². The average molecular weight is 412 g/mol. The first-order valence-corrected chi connectivity index (χ1v) is 8.48. The first-order valence-electron chi connectivity index (χ1n) is 8.48. The number of nitrogens with two attached hydrogens (primary N) is 3. The number of anilines is 2. The fourth-order valence-electron chi connectivity index (χ4n) is 2.97. The van der Waals surface area contributed by atoms with E-state index in [1.165, 1.54) is 4.68 Å². The van der Waals surface area contributed by atoms with Gasteiger partial charge in [-0.1, -0.05) is 6.07 Å². The van der Waals surface area contributed by atoms with Gasteiger partial charge in [0.1, 0.15) is 17.0 Å². The third kappa shape index (κ3) is 3.41. The quantitative estimate of drug-likeness (QED) is 0.457. The van der Waals surface area contributed by atoms with Crippen molar-refractivity contribution < 1.29 is 18.3 Å². The number of hydrogen-bond acceptors (Lipinski definition) is 8. The average Bonchev–Trinajstić information content (AvgIpc) is 3.03. The molecule has 0 aliphatic carbocycles. The highest BCUT2D eigenvalue weighted by molar-refractivity contribution is 5.92. The van der Waals surface area contributed by atoms with Gasteiger partial charge in [0.25, 0.3) is 0 Å². The lowest BCUT2D eigenvalue weighted by molar-refractivity contribution is 0.211. The number of nitrogens with zero attached hydrogens (tertiary/aromatic N) is 5. The Hall–Kier alpha value is -4.35. The molecule has 0 atom stereocenters. The third-order valence-electron chi connectivity index (χ3n) is 4.15. The number of pyridine rings is 1. The molecule has 10 nitrogen and oxygen atoms in total. The number of primary amides is 1. The van der Waals surface area contributed by atoms with E-state index in [0.29, 0.717) is 0 Å². The summed E-state index contributed by atoms with van der Waals surface area (Å²) in [6, 6.07) is 5.36. The van der Waals surface area contributed by atoms with Gasteiger partial charge in [-0.05, 0) is 17.7 Å². The molecule has 1 amide bonds. The smallest absolute Gasteiger partial charge is 0.403 e. The summed E-state index contributed by atoms with van der Waals surface area (Å²) < 4.78 is 34.6. The monoisotopic (exact) mass is 412 g/mol. The van der Waals surface area contributed by atoms with Crippen LogP contribution in [0, 0.1) is 11.6 Å². The number of carbonyl (C=O) groups is 1. The van der Waals surface area contributed by atoms with Crippen LogP contribution in [0.2, 0.25) is 0 Å². The molecule has 0 radical (unpaired) electrons. The minimum Gasteiger partial charge on any atom is -0.403 e. The molecule has 6 N–H and O–H groups in total. The molecule has 0 saturated heterocycles. The predicted octanol–water partition coefficient (Wildman–Crippen LogP) is 1.84. The number of hydrogen-bond donors (Lipinski definition) is 3. The van der Waals surface area contributed by atoms with Crippen molar-refractivity contribution in [1.29, 1.82) is 0 Å². The van der Waals surface area contributed by atoms with E-state index in [9.17, 15) is 13.6 Å². The SMILES string of the molecule is NC(=O)Oc1c(N)nc(-c2nn(Cc3cccnc3)c3c(F)cc(F)cc23)nc1N. The standard InChI is InChI=1S/C18H14F2N8O2/c19-9-4-10-12(17-25-15(21)14(16(22)26-17)30-18(23)29)27-28(13(10)11(20)5-9)7-8-2-1-3-24-6-8/h1-6H,7H2,(H2,23,29)(H4,21,22,25,26). The van der Waals surface area contributed by atoms with Crippen LogP contribution >= 0.6 is 0 Å². The molecule has 0 aliphatic rings. The molecule has 0 fully saturated rings. The summed E-state index contributed by atoms with van der Waals surface area (Å²) in [4.78, 5) is 23.0. The molecule has 12 heteroatoms. The molecular weight excluding hydrogens is 398 g/mol. The molecular formula is C18H14F2N8O2. The van der Waals surface area contributed by atoms with Crippen molar-refractivity contribution in [3.05, 3.63) is 53.9 Å². The first-order chi connectivity index (χ1) is 14.3. The number of amides is 1. The van der Waals surface area contributed by atoms with Gasteiger partial charge in [0.05, 0.1) is 6.54 Å². The van der Waals surface area contributed by atoms with Gasteiger partial charge in [0.2, 0.25) is 5.75 Å². The van der Waals surface area contributed by atoms with Gasteiger partial charge in [0.15, 0.2) is 23.3 Å². The molecule has 0 aliphatic heterocycles. The van der Waals surface area contributed by atoms with Crippen molar-refractivity contribution in [3.63, 3.8) is 0 Å². The number of aromatic nitrogens is 5. The van der Waals surface area contributed by atoms with Crippen LogP contribution in [0.4, 0.5) is 25.2 Å². The number of halogens is 2. The van der Waals surface area contributed by atoms with E-state index in [4.69, 9.17) is 17.2 Å². The Kier molecular flexibility index (Phi) is 4.58. The van der Waals surface area contributed by atoms with Crippen LogP contribution < -0.4 is 21.9 Å². The summed E-state index contributed by atoms with van der Waals surface area (Å²) >= 11 is 0. The zero-order valence-electron chi connectivity index (χ0n) is 15.2. The van der Waals surface area contributed by atoms with Crippen LogP contribution in [0.1, 0.15) is 5.56 Å². The van der Waals surface area contributed by atoms with Crippen molar-refractivity contribution in [2.45, 2.75) is 6.54 Å². The second-order valence-electron chi connectivity index (χ2n) is 6.22. The molecule has 4 aromatic rings. The summed E-state index contributed by atoms with van der Waals surface area (Å²) in [6.07, 6.45) is 2.04. The molecule has 3 aromatic heterocycles. The molecule has 4 rings (SSSR count). The highest BCUT2D eigenvalue weighted by atomic mass is 19.1. The van der Waals surface area contributed by atoms with Crippen molar-refractivity contribution in [3.8, 4) is 17.3 Å². The van der Waals surface area contributed by atoms with Crippen LogP contribution in [-0.2, 0) is 6.54 Å². The molecule has 0 spiro atoms. The molecule has 3 heterocycles. The highest BCUT2D eigenvalue weighted by Gasteiger charge is 2.22. The van der Waals surface area contributed by atoms with Gasteiger partial charge in [-0.3, -0.25) is 9.67 Å². The minimum absolute atomic E-state index is 0.0356. The number of fused-ring (bicyclic) bond motifs is 1. The van der Waals surface area contributed by atoms with E-state index >= 15 is 0 Å². The Morgan fingerprint density at radius 2 is 1.90 bits per heavy atom. The summed E-state index contributed by atoms with van der Waals surface area (Å²) in [5.41, 5.74) is 17.4. The van der Waals surface area contributed by atoms with Crippen molar-refractivity contribution in [2.75, 3.05) is 11.5 Å². The predicted molar refractivity (Wildman–Crippen MR) is 103 cm³/mol. The van der Waals surface area contributed by atoms with Crippen LogP contribution in [-0.4, -0.2) is 30.8 Å². The van der Waals surface area contributed by atoms with E-state index in [-0.39, 0.29) is 46.4 Å². The van der Waals surface area contributed by atoms with Crippen molar-refractivity contribution in [1.82, 2.24) is 24.7 Å². The van der Waals surface area contributed by atoms with Gasteiger partial charge in [-0.25, -0.2) is 23.5 Å². The van der Waals surface area contributed by atoms with Crippen LogP contribution in [0.15, 0.2) is 36.7 Å². The topological polar surface area (TPSA) is 161 Å². The Morgan fingerprint density at radius 3 is 2.53 bits per heavy atom. The molecule has 152 valence electrons. The maximum atomic E-state index is 14.6. The molecule has 30 heavy (non-hydrogen) atoms. The Labute approximate surface area is 167 Å². The number of benzene rings is 1. The zero-order valence-corrected chi connectivity index (χ0v) is 15.2. The number of ether oxygens (including phenoxy) is 1. The Balaban J connectivity index is 1.90. The minimum atomic E-state index is -1.15. The van der Waals surface area contributed by atoms with E-state index in [2.05, 4.69) is 24.8 Å². The normalized spacial score (nSPS) is 11.0. The highest BCUT2D eigenvalue weighted by Crippen LogP contribution is 2.33. The van der Waals surface area contributed by atoms with Gasteiger partial charge >= 0.3 is 6.09 Å². The number of rotatable bonds is 4. The second-order valence-corrected chi connectivity index (χ2v) is 6.22. The second kappa shape index (κ2) is 7.24. The summed E-state index contributed by atoms with van der Waals surface area (Å²) in [7, 11) is 0. The molecule has 0 saturated carbocycles. The third-order valence-corrected chi connectivity index (χ3v) is 4.15. The van der Waals surface area contributed by atoms with Gasteiger partial charge < -0.3 is 21.9 Å². The Morgan fingerprint density at radius 1 is 1.17 bits per heavy atom. The molecule has 0 bridgehead atoms.